The molecule has 2 aromatic carbocycles. The van der Waals surface area contributed by atoms with Gasteiger partial charge in [0.2, 0.25) is 17.7 Å². The summed E-state index contributed by atoms with van der Waals surface area (Å²) in [6.45, 7) is 0.527. The van der Waals surface area contributed by atoms with Gasteiger partial charge in [-0.3, -0.25) is 14.4 Å². The van der Waals surface area contributed by atoms with Gasteiger partial charge in [0.15, 0.2) is 0 Å². The van der Waals surface area contributed by atoms with Crippen LogP contribution in [0.3, 0.4) is 0 Å². The molecule has 3 heterocycles. The molecule has 3 atom stereocenters. The van der Waals surface area contributed by atoms with E-state index in [2.05, 4.69) is 10.6 Å². The molecule has 2 fully saturated rings. The van der Waals surface area contributed by atoms with Crippen LogP contribution in [-0.4, -0.2) is 34.7 Å². The van der Waals surface area contributed by atoms with Gasteiger partial charge in [-0.15, -0.1) is 0 Å². The highest BCUT2D eigenvalue weighted by Crippen LogP contribution is 2.46. The molecule has 3 aliphatic heterocycles. The molecule has 1 unspecified atom stereocenters. The molecule has 0 aliphatic carbocycles. The second-order valence-corrected chi connectivity index (χ2v) is 8.69. The summed E-state index contributed by atoms with van der Waals surface area (Å²) in [5, 5.41) is 5.99. The average Bonchev–Trinajstić information content (AvgIpc) is 3.13. The van der Waals surface area contributed by atoms with Crippen molar-refractivity contribution in [2.45, 2.75) is 49.6 Å². The lowest BCUT2D eigenvalue weighted by Gasteiger charge is -2.49. The van der Waals surface area contributed by atoms with Gasteiger partial charge in [-0.2, -0.15) is 0 Å². The predicted octanol–water partition coefficient (Wildman–Crippen LogP) is 3.26. The Balaban J connectivity index is 1.56. The van der Waals surface area contributed by atoms with Crippen molar-refractivity contribution in [1.82, 2.24) is 10.2 Å². The summed E-state index contributed by atoms with van der Waals surface area (Å²) in [4.78, 5) is 40.2. The van der Waals surface area contributed by atoms with E-state index >= 15 is 0 Å². The number of likely N-dealkylation sites (tertiary alicyclic amines) is 1. The lowest BCUT2D eigenvalue weighted by atomic mass is 9.75. The van der Waals surface area contributed by atoms with Crippen molar-refractivity contribution in [1.29, 1.82) is 0 Å². The van der Waals surface area contributed by atoms with E-state index in [0.717, 1.165) is 24.0 Å². The van der Waals surface area contributed by atoms with E-state index in [1.807, 2.05) is 23.1 Å². The van der Waals surface area contributed by atoms with E-state index in [9.17, 15) is 18.8 Å². The van der Waals surface area contributed by atoms with Gasteiger partial charge in [-0.1, -0.05) is 30.3 Å². The number of fused-ring (bicyclic) bond motifs is 1. The number of amides is 3. The maximum atomic E-state index is 13.9. The Bertz CT molecular complexity index is 1050. The van der Waals surface area contributed by atoms with E-state index in [1.54, 1.807) is 18.2 Å². The number of hydrogen-bond donors (Lipinski definition) is 2. The van der Waals surface area contributed by atoms with Gasteiger partial charge < -0.3 is 15.5 Å². The molecule has 0 bridgehead atoms. The van der Waals surface area contributed by atoms with Gasteiger partial charge in [-0.25, -0.2) is 4.39 Å². The summed E-state index contributed by atoms with van der Waals surface area (Å²) < 4.78 is 13.6. The number of para-hydroxylation sites is 1. The van der Waals surface area contributed by atoms with Crippen molar-refractivity contribution in [3.05, 3.63) is 65.5 Å². The van der Waals surface area contributed by atoms with Gasteiger partial charge in [0.25, 0.3) is 0 Å². The average molecular weight is 421 g/mol. The summed E-state index contributed by atoms with van der Waals surface area (Å²) in [6, 6.07) is 13.1. The summed E-state index contributed by atoms with van der Waals surface area (Å²) in [5.74, 6) is -1.27. The smallest absolute Gasteiger partial charge is 0.231 e. The number of anilines is 1. The van der Waals surface area contributed by atoms with Crippen LogP contribution in [0.25, 0.3) is 0 Å². The Morgan fingerprint density at radius 3 is 2.55 bits per heavy atom. The molecule has 0 saturated carbocycles. The monoisotopic (exact) mass is 421 g/mol. The molecule has 0 radical (unpaired) electrons. The number of carbonyl (C=O) groups is 3. The number of halogens is 1. The molecule has 2 N–H and O–H groups in total. The van der Waals surface area contributed by atoms with Crippen molar-refractivity contribution in [2.24, 2.45) is 0 Å². The lowest BCUT2D eigenvalue weighted by molar-refractivity contribution is -0.141. The SMILES string of the molecule is O=C1CC(C(=O)N2CCC[C@]3(CCC(=O)N3)[C@H]2c2ccc(F)cc2)c2ccccc2N1. The Morgan fingerprint density at radius 1 is 1.03 bits per heavy atom. The van der Waals surface area contributed by atoms with E-state index in [4.69, 9.17) is 0 Å². The third-order valence-corrected chi connectivity index (χ3v) is 6.81. The van der Waals surface area contributed by atoms with Crippen LogP contribution in [0.5, 0.6) is 0 Å². The van der Waals surface area contributed by atoms with E-state index in [-0.39, 0.29) is 30.0 Å². The lowest BCUT2D eigenvalue weighted by Crippen LogP contribution is -2.59. The summed E-state index contributed by atoms with van der Waals surface area (Å²) in [7, 11) is 0. The van der Waals surface area contributed by atoms with Crippen molar-refractivity contribution in [3.8, 4) is 0 Å². The minimum Gasteiger partial charge on any atom is -0.348 e. The number of carbonyl (C=O) groups excluding carboxylic acids is 3. The van der Waals surface area contributed by atoms with Crippen molar-refractivity contribution in [2.75, 3.05) is 11.9 Å². The maximum Gasteiger partial charge on any atom is 0.231 e. The number of benzene rings is 2. The first-order chi connectivity index (χ1) is 15.0. The van der Waals surface area contributed by atoms with Gasteiger partial charge in [0.1, 0.15) is 5.82 Å². The zero-order valence-corrected chi connectivity index (χ0v) is 17.1. The quantitative estimate of drug-likeness (QED) is 0.781. The molecular formula is C24H24FN3O3. The van der Waals surface area contributed by atoms with Crippen LogP contribution < -0.4 is 10.6 Å². The minimum absolute atomic E-state index is 0.0243. The van der Waals surface area contributed by atoms with Crippen LogP contribution in [0.2, 0.25) is 0 Å². The molecule has 3 amide bonds. The van der Waals surface area contributed by atoms with Gasteiger partial charge in [0.05, 0.1) is 17.5 Å². The molecule has 160 valence electrons. The first kappa shape index (κ1) is 19.7. The second kappa shape index (κ2) is 7.48. The van der Waals surface area contributed by atoms with Gasteiger partial charge in [-0.05, 0) is 48.6 Å². The number of rotatable bonds is 2. The Morgan fingerprint density at radius 2 is 1.81 bits per heavy atom. The summed E-state index contributed by atoms with van der Waals surface area (Å²) in [5.41, 5.74) is 1.70. The highest BCUT2D eigenvalue weighted by atomic mass is 19.1. The van der Waals surface area contributed by atoms with Crippen molar-refractivity contribution >= 4 is 23.4 Å². The Hall–Kier alpha value is -3.22. The normalized spacial score (nSPS) is 27.6. The molecule has 5 rings (SSSR count). The molecule has 3 aliphatic rings. The van der Waals surface area contributed by atoms with Crippen LogP contribution >= 0.6 is 0 Å². The largest absolute Gasteiger partial charge is 0.348 e. The first-order valence-corrected chi connectivity index (χ1v) is 10.7. The molecule has 2 saturated heterocycles. The van der Waals surface area contributed by atoms with Gasteiger partial charge in [0, 0.05) is 25.1 Å². The fraction of sp³-hybridized carbons (Fsp3) is 0.375. The highest BCUT2D eigenvalue weighted by Gasteiger charge is 2.51. The molecular weight excluding hydrogens is 397 g/mol. The molecule has 6 nitrogen and oxygen atoms in total. The van der Waals surface area contributed by atoms with Crippen LogP contribution in [0, 0.1) is 5.82 Å². The minimum atomic E-state index is -0.583. The topological polar surface area (TPSA) is 78.5 Å². The Kier molecular flexibility index (Phi) is 4.76. The second-order valence-electron chi connectivity index (χ2n) is 8.69. The number of nitrogens with zero attached hydrogens (tertiary/aromatic N) is 1. The fourth-order valence-corrected chi connectivity index (χ4v) is 5.47. The first-order valence-electron chi connectivity index (χ1n) is 10.7. The number of piperidine rings is 1. The van der Waals surface area contributed by atoms with Crippen molar-refractivity contribution < 1.29 is 18.8 Å². The van der Waals surface area contributed by atoms with E-state index in [0.29, 0.717) is 25.1 Å². The molecule has 0 aromatic heterocycles. The zero-order chi connectivity index (χ0) is 21.6. The number of hydrogen-bond acceptors (Lipinski definition) is 3. The van der Waals surface area contributed by atoms with Crippen LogP contribution in [0.4, 0.5) is 10.1 Å². The Labute approximate surface area is 179 Å². The number of nitrogens with one attached hydrogen (secondary N) is 2. The molecule has 1 spiro atoms. The molecule has 7 heteroatoms. The standard InChI is InChI=1S/C24H24FN3O3/c25-16-8-6-15(7-9-16)22-24(12-10-20(29)27-24)11-3-13-28(22)23(31)18-14-21(30)26-19-5-2-1-4-17(18)19/h1-2,4-9,18,22H,3,10-14H2,(H,26,30)(H,27,29)/t18?,22-,24+/m1/s1. The van der Waals surface area contributed by atoms with E-state index < -0.39 is 17.5 Å². The zero-order valence-electron chi connectivity index (χ0n) is 17.1. The third-order valence-electron chi connectivity index (χ3n) is 6.81. The highest BCUT2D eigenvalue weighted by molar-refractivity contribution is 6.01. The van der Waals surface area contributed by atoms with Gasteiger partial charge >= 0.3 is 0 Å². The van der Waals surface area contributed by atoms with Crippen LogP contribution in [0.15, 0.2) is 48.5 Å². The van der Waals surface area contributed by atoms with Crippen LogP contribution in [0.1, 0.15) is 55.2 Å². The summed E-state index contributed by atoms with van der Waals surface area (Å²) >= 11 is 0. The predicted molar refractivity (Wildman–Crippen MR) is 113 cm³/mol. The van der Waals surface area contributed by atoms with Crippen molar-refractivity contribution in [3.63, 3.8) is 0 Å². The fourth-order valence-electron chi connectivity index (χ4n) is 5.47. The third kappa shape index (κ3) is 3.38. The maximum absolute atomic E-state index is 13.9. The van der Waals surface area contributed by atoms with Crippen LogP contribution in [-0.2, 0) is 14.4 Å². The van der Waals surface area contributed by atoms with E-state index in [1.165, 1.54) is 12.1 Å². The summed E-state index contributed by atoms with van der Waals surface area (Å²) in [6.07, 6.45) is 2.63. The molecule has 31 heavy (non-hydrogen) atoms. The molecule has 2 aromatic rings.